The van der Waals surface area contributed by atoms with Crippen LogP contribution in [0.5, 0.6) is 5.75 Å². The van der Waals surface area contributed by atoms with Gasteiger partial charge in [0.25, 0.3) is 5.91 Å². The van der Waals surface area contributed by atoms with Crippen LogP contribution in [-0.4, -0.2) is 44.6 Å². The number of amides is 1. The Morgan fingerprint density at radius 1 is 1.39 bits per heavy atom. The number of aromatic nitrogens is 1. The second-order valence-corrected chi connectivity index (χ2v) is 3.93. The summed E-state index contributed by atoms with van der Waals surface area (Å²) in [5.74, 6) is -1.51. The monoisotopic (exact) mass is 272 g/mol. The average molecular weight is 273 g/mol. The number of nitrogens with zero attached hydrogens (tertiary/aromatic N) is 2. The van der Waals surface area contributed by atoms with Gasteiger partial charge in [0, 0.05) is 12.7 Å². The lowest BCUT2D eigenvalue weighted by Crippen LogP contribution is -2.40. The number of hydrogen-bond acceptors (Lipinski definition) is 4. The molecule has 0 radical (unpaired) electrons. The van der Waals surface area contributed by atoms with Crippen molar-refractivity contribution in [2.24, 2.45) is 0 Å². The van der Waals surface area contributed by atoms with Gasteiger partial charge in [-0.2, -0.15) is 0 Å². The second-order valence-electron chi connectivity index (χ2n) is 3.93. The summed E-state index contributed by atoms with van der Waals surface area (Å²) in [6, 6.07) is 0.511. The molecule has 0 aromatic carbocycles. The Kier molecular flexibility index (Phi) is 4.49. The number of aliphatic carboxylic acids is 1. The first kappa shape index (κ1) is 14.2. The lowest BCUT2D eigenvalue weighted by atomic mass is 10.2. The molecule has 7 heteroatoms. The summed E-state index contributed by atoms with van der Waals surface area (Å²) in [6.45, 7) is 0.422. The maximum Gasteiger partial charge on any atom is 0.326 e. The van der Waals surface area contributed by atoms with Gasteiger partial charge >= 0.3 is 5.97 Å². The summed E-state index contributed by atoms with van der Waals surface area (Å²) in [4.78, 5) is 28.0. The molecule has 2 rings (SSSR count). The van der Waals surface area contributed by atoms with Gasteiger partial charge in [-0.05, 0) is 18.9 Å². The minimum Gasteiger partial charge on any atom is -0.506 e. The van der Waals surface area contributed by atoms with Crippen LogP contribution < -0.4 is 0 Å². The lowest BCUT2D eigenvalue weighted by molar-refractivity contribution is -0.141. The van der Waals surface area contributed by atoms with Gasteiger partial charge in [-0.3, -0.25) is 9.78 Å². The Hall–Kier alpha value is -1.82. The molecule has 1 atom stereocenters. The van der Waals surface area contributed by atoms with E-state index in [1.54, 1.807) is 0 Å². The van der Waals surface area contributed by atoms with Gasteiger partial charge in [0.15, 0.2) is 0 Å². The van der Waals surface area contributed by atoms with Crippen molar-refractivity contribution in [1.29, 1.82) is 0 Å². The van der Waals surface area contributed by atoms with E-state index in [2.05, 4.69) is 4.98 Å². The summed E-state index contributed by atoms with van der Waals surface area (Å²) in [5.41, 5.74) is 0.207. The molecule has 0 spiro atoms. The molecule has 6 nitrogen and oxygen atoms in total. The number of aromatic hydroxyl groups is 1. The van der Waals surface area contributed by atoms with E-state index in [1.165, 1.54) is 23.4 Å². The number of carbonyl (C=O) groups excluding carboxylic acids is 1. The molecule has 1 fully saturated rings. The molecule has 0 bridgehead atoms. The third-order valence-electron chi connectivity index (χ3n) is 2.77. The molecule has 0 aliphatic carbocycles. The predicted molar refractivity (Wildman–Crippen MR) is 64.8 cm³/mol. The molecule has 1 amide bonds. The molecule has 98 valence electrons. The second kappa shape index (κ2) is 5.68. The third kappa shape index (κ3) is 2.70. The Balaban J connectivity index is 0.00000162. The van der Waals surface area contributed by atoms with Crippen LogP contribution in [0.15, 0.2) is 18.5 Å². The number of carboxylic acids is 1. The zero-order chi connectivity index (χ0) is 12.4. The van der Waals surface area contributed by atoms with Crippen molar-refractivity contribution in [1.82, 2.24) is 9.88 Å². The Morgan fingerprint density at radius 3 is 2.72 bits per heavy atom. The highest BCUT2D eigenvalue weighted by atomic mass is 35.5. The van der Waals surface area contributed by atoms with Gasteiger partial charge in [0.1, 0.15) is 11.8 Å². The summed E-state index contributed by atoms with van der Waals surface area (Å²) in [5, 5.41) is 18.2. The zero-order valence-corrected chi connectivity index (χ0v) is 10.3. The molecule has 1 aliphatic rings. The summed E-state index contributed by atoms with van der Waals surface area (Å²) >= 11 is 0. The first-order valence-electron chi connectivity index (χ1n) is 5.27. The molecule has 1 aromatic heterocycles. The maximum absolute atomic E-state index is 12.0. The van der Waals surface area contributed by atoms with Crippen molar-refractivity contribution >= 4 is 24.3 Å². The SMILES string of the molecule is Cl.O=C(O)C1CCCN1C(=O)c1cncc(O)c1. The summed E-state index contributed by atoms with van der Waals surface area (Å²) in [7, 11) is 0. The van der Waals surface area contributed by atoms with E-state index in [0.717, 1.165) is 0 Å². The molecular weight excluding hydrogens is 260 g/mol. The van der Waals surface area contributed by atoms with Crippen molar-refractivity contribution in [3.63, 3.8) is 0 Å². The van der Waals surface area contributed by atoms with Crippen LogP contribution in [0.3, 0.4) is 0 Å². The molecule has 1 unspecified atom stereocenters. The van der Waals surface area contributed by atoms with E-state index < -0.39 is 17.9 Å². The Morgan fingerprint density at radius 2 is 2.11 bits per heavy atom. The quantitative estimate of drug-likeness (QED) is 0.835. The number of pyridine rings is 1. The summed E-state index contributed by atoms with van der Waals surface area (Å²) < 4.78 is 0. The largest absolute Gasteiger partial charge is 0.506 e. The first-order valence-corrected chi connectivity index (χ1v) is 5.27. The van der Waals surface area contributed by atoms with E-state index in [9.17, 15) is 14.7 Å². The van der Waals surface area contributed by atoms with Crippen molar-refractivity contribution in [2.45, 2.75) is 18.9 Å². The minimum atomic E-state index is -0.996. The predicted octanol–water partition coefficient (Wildman–Crippen LogP) is 0.898. The van der Waals surface area contributed by atoms with Crippen LogP contribution in [0.4, 0.5) is 0 Å². The van der Waals surface area contributed by atoms with Crippen molar-refractivity contribution in [3.8, 4) is 5.75 Å². The number of carboxylic acid groups (broad SMARTS) is 1. The average Bonchev–Trinajstić information content (AvgIpc) is 2.77. The molecule has 2 N–H and O–H groups in total. The van der Waals surface area contributed by atoms with Gasteiger partial charge in [-0.1, -0.05) is 0 Å². The molecule has 1 aromatic rings. The number of halogens is 1. The summed E-state index contributed by atoms with van der Waals surface area (Å²) in [6.07, 6.45) is 3.68. The highest BCUT2D eigenvalue weighted by molar-refractivity contribution is 5.97. The number of likely N-dealkylation sites (tertiary alicyclic amines) is 1. The highest BCUT2D eigenvalue weighted by Gasteiger charge is 2.34. The van der Waals surface area contributed by atoms with Crippen molar-refractivity contribution in [2.75, 3.05) is 6.54 Å². The molecular formula is C11H13ClN2O4. The van der Waals surface area contributed by atoms with E-state index >= 15 is 0 Å². The Labute approximate surface area is 110 Å². The fourth-order valence-electron chi connectivity index (χ4n) is 1.98. The molecule has 1 saturated heterocycles. The van der Waals surface area contributed by atoms with Crippen LogP contribution in [0, 0.1) is 0 Å². The lowest BCUT2D eigenvalue weighted by Gasteiger charge is -2.21. The van der Waals surface area contributed by atoms with Gasteiger partial charge < -0.3 is 15.1 Å². The molecule has 2 heterocycles. The van der Waals surface area contributed by atoms with Crippen LogP contribution in [0.1, 0.15) is 23.2 Å². The van der Waals surface area contributed by atoms with Gasteiger partial charge in [0.2, 0.25) is 0 Å². The van der Waals surface area contributed by atoms with Crippen LogP contribution in [-0.2, 0) is 4.79 Å². The van der Waals surface area contributed by atoms with Gasteiger partial charge in [-0.25, -0.2) is 4.79 Å². The van der Waals surface area contributed by atoms with Crippen LogP contribution in [0.25, 0.3) is 0 Å². The standard InChI is InChI=1S/C11H12N2O4.ClH/c14-8-4-7(5-12-6-8)10(15)13-3-1-2-9(13)11(16)17;/h4-6,9,14H,1-3H2,(H,16,17);1H. The van der Waals surface area contributed by atoms with E-state index in [4.69, 9.17) is 5.11 Å². The molecule has 0 saturated carbocycles. The number of hydrogen-bond donors (Lipinski definition) is 2. The van der Waals surface area contributed by atoms with E-state index in [0.29, 0.717) is 19.4 Å². The number of rotatable bonds is 2. The van der Waals surface area contributed by atoms with Gasteiger partial charge in [0.05, 0.1) is 11.8 Å². The van der Waals surface area contributed by atoms with Gasteiger partial charge in [-0.15, -0.1) is 12.4 Å². The first-order chi connectivity index (χ1) is 8.09. The third-order valence-corrected chi connectivity index (χ3v) is 2.77. The molecule has 1 aliphatic heterocycles. The zero-order valence-electron chi connectivity index (χ0n) is 9.44. The van der Waals surface area contributed by atoms with Crippen LogP contribution in [0.2, 0.25) is 0 Å². The van der Waals surface area contributed by atoms with E-state index in [1.807, 2.05) is 0 Å². The van der Waals surface area contributed by atoms with Crippen LogP contribution >= 0.6 is 12.4 Å². The minimum absolute atomic E-state index is 0. The fourth-order valence-corrected chi connectivity index (χ4v) is 1.98. The Bertz CT molecular complexity index is 466. The normalized spacial score (nSPS) is 18.2. The smallest absolute Gasteiger partial charge is 0.326 e. The van der Waals surface area contributed by atoms with Crippen molar-refractivity contribution < 1.29 is 19.8 Å². The maximum atomic E-state index is 12.0. The highest BCUT2D eigenvalue weighted by Crippen LogP contribution is 2.21. The van der Waals surface area contributed by atoms with Crippen molar-refractivity contribution in [3.05, 3.63) is 24.0 Å². The van der Waals surface area contributed by atoms with E-state index in [-0.39, 0.29) is 23.7 Å². The molecule has 18 heavy (non-hydrogen) atoms. The number of carbonyl (C=O) groups is 2. The topological polar surface area (TPSA) is 90.7 Å². The fraction of sp³-hybridized carbons (Fsp3) is 0.364.